The van der Waals surface area contributed by atoms with Crippen LogP contribution in [0.3, 0.4) is 0 Å². The molecule has 4 rings (SSSR count). The SMILES string of the molecule is c1ccc(C2CC(Nc3nc(C4CC4)ns3)CCO2)cc1. The third-order valence-electron chi connectivity index (χ3n) is 4.17. The molecule has 1 aliphatic heterocycles. The highest BCUT2D eigenvalue weighted by molar-refractivity contribution is 7.09. The average Bonchev–Trinajstić information content (AvgIpc) is 3.29. The molecular weight excluding hydrogens is 282 g/mol. The molecule has 1 aromatic heterocycles. The van der Waals surface area contributed by atoms with Gasteiger partial charge in [-0.25, -0.2) is 4.98 Å². The van der Waals surface area contributed by atoms with Crippen LogP contribution in [0.25, 0.3) is 0 Å². The predicted octanol–water partition coefficient (Wildman–Crippen LogP) is 3.75. The number of anilines is 1. The summed E-state index contributed by atoms with van der Waals surface area (Å²) in [5.41, 5.74) is 1.26. The topological polar surface area (TPSA) is 47.0 Å². The maximum Gasteiger partial charge on any atom is 0.202 e. The fourth-order valence-electron chi connectivity index (χ4n) is 2.80. The summed E-state index contributed by atoms with van der Waals surface area (Å²) in [6.07, 6.45) is 4.71. The molecule has 5 heteroatoms. The van der Waals surface area contributed by atoms with E-state index in [0.717, 1.165) is 30.4 Å². The Morgan fingerprint density at radius 1 is 1.14 bits per heavy atom. The Kier molecular flexibility index (Phi) is 3.61. The molecule has 0 amide bonds. The van der Waals surface area contributed by atoms with Gasteiger partial charge in [0.15, 0.2) is 0 Å². The second-order valence-corrected chi connectivity index (χ2v) is 6.62. The van der Waals surface area contributed by atoms with Crippen molar-refractivity contribution in [3.63, 3.8) is 0 Å². The molecule has 0 bridgehead atoms. The third kappa shape index (κ3) is 3.09. The van der Waals surface area contributed by atoms with E-state index in [9.17, 15) is 0 Å². The van der Waals surface area contributed by atoms with E-state index in [-0.39, 0.29) is 6.10 Å². The Labute approximate surface area is 128 Å². The minimum atomic E-state index is 0.188. The zero-order valence-corrected chi connectivity index (χ0v) is 12.7. The Balaban J connectivity index is 1.40. The first-order chi connectivity index (χ1) is 10.4. The van der Waals surface area contributed by atoms with Gasteiger partial charge < -0.3 is 10.1 Å². The lowest BCUT2D eigenvalue weighted by molar-refractivity contribution is 0.00979. The van der Waals surface area contributed by atoms with Crippen LogP contribution in [0.2, 0.25) is 0 Å². The second-order valence-electron chi connectivity index (χ2n) is 5.87. The van der Waals surface area contributed by atoms with Gasteiger partial charge in [0.2, 0.25) is 5.13 Å². The molecule has 0 radical (unpaired) electrons. The molecule has 0 spiro atoms. The average molecular weight is 301 g/mol. The van der Waals surface area contributed by atoms with Gasteiger partial charge in [0.1, 0.15) is 5.82 Å². The smallest absolute Gasteiger partial charge is 0.202 e. The summed E-state index contributed by atoms with van der Waals surface area (Å²) in [5, 5.41) is 4.52. The Hall–Kier alpha value is -1.46. The highest BCUT2D eigenvalue weighted by atomic mass is 32.1. The van der Waals surface area contributed by atoms with Gasteiger partial charge in [0, 0.05) is 30.1 Å². The van der Waals surface area contributed by atoms with E-state index >= 15 is 0 Å². The van der Waals surface area contributed by atoms with Crippen molar-refractivity contribution in [1.29, 1.82) is 0 Å². The van der Waals surface area contributed by atoms with Crippen LogP contribution in [0.4, 0.5) is 5.13 Å². The van der Waals surface area contributed by atoms with E-state index in [1.54, 1.807) is 0 Å². The van der Waals surface area contributed by atoms with E-state index < -0.39 is 0 Å². The van der Waals surface area contributed by atoms with E-state index in [1.807, 2.05) is 6.07 Å². The lowest BCUT2D eigenvalue weighted by Gasteiger charge is -2.30. The van der Waals surface area contributed by atoms with Crippen LogP contribution in [0.15, 0.2) is 30.3 Å². The van der Waals surface area contributed by atoms with Crippen molar-refractivity contribution in [2.45, 2.75) is 43.7 Å². The molecule has 2 aromatic rings. The summed E-state index contributed by atoms with van der Waals surface area (Å²) >= 11 is 1.50. The number of nitrogens with one attached hydrogen (secondary N) is 1. The predicted molar refractivity (Wildman–Crippen MR) is 83.7 cm³/mol. The fourth-order valence-corrected chi connectivity index (χ4v) is 3.53. The first kappa shape index (κ1) is 13.2. The number of aromatic nitrogens is 2. The van der Waals surface area contributed by atoms with Gasteiger partial charge in [0.05, 0.1) is 6.10 Å². The normalized spacial score (nSPS) is 25.7. The number of benzene rings is 1. The van der Waals surface area contributed by atoms with E-state index in [0.29, 0.717) is 12.0 Å². The van der Waals surface area contributed by atoms with Crippen LogP contribution >= 0.6 is 11.5 Å². The summed E-state index contributed by atoms with van der Waals surface area (Å²) in [5.74, 6) is 1.66. The molecule has 1 saturated carbocycles. The van der Waals surface area contributed by atoms with Gasteiger partial charge in [-0.3, -0.25) is 0 Å². The van der Waals surface area contributed by atoms with Crippen molar-refractivity contribution in [3.05, 3.63) is 41.7 Å². The van der Waals surface area contributed by atoms with Gasteiger partial charge in [-0.05, 0) is 31.2 Å². The molecule has 4 nitrogen and oxygen atoms in total. The van der Waals surface area contributed by atoms with Crippen molar-refractivity contribution >= 4 is 16.7 Å². The molecule has 2 fully saturated rings. The molecule has 2 heterocycles. The van der Waals surface area contributed by atoms with Crippen LogP contribution in [0.1, 0.15) is 49.1 Å². The molecule has 1 saturated heterocycles. The van der Waals surface area contributed by atoms with Crippen molar-refractivity contribution in [1.82, 2.24) is 9.36 Å². The number of ether oxygens (including phenoxy) is 1. The van der Waals surface area contributed by atoms with E-state index in [2.05, 4.69) is 38.9 Å². The molecule has 110 valence electrons. The number of rotatable bonds is 4. The largest absolute Gasteiger partial charge is 0.373 e. The number of hydrogen-bond donors (Lipinski definition) is 1. The molecule has 2 atom stereocenters. The van der Waals surface area contributed by atoms with Crippen molar-refractivity contribution in [3.8, 4) is 0 Å². The molecule has 21 heavy (non-hydrogen) atoms. The molecule has 2 unspecified atom stereocenters. The highest BCUT2D eigenvalue weighted by Crippen LogP contribution is 2.39. The summed E-state index contributed by atoms with van der Waals surface area (Å²) in [6, 6.07) is 10.9. The molecule has 1 N–H and O–H groups in total. The third-order valence-corrected chi connectivity index (χ3v) is 4.83. The zero-order valence-electron chi connectivity index (χ0n) is 11.9. The lowest BCUT2D eigenvalue weighted by atomic mass is 9.98. The van der Waals surface area contributed by atoms with E-state index in [1.165, 1.54) is 29.9 Å². The number of nitrogens with zero attached hydrogens (tertiary/aromatic N) is 2. The first-order valence-electron chi connectivity index (χ1n) is 7.65. The molecule has 1 aromatic carbocycles. The molecule has 2 aliphatic rings. The maximum absolute atomic E-state index is 5.91. The van der Waals surface area contributed by atoms with Crippen molar-refractivity contribution in [2.75, 3.05) is 11.9 Å². The van der Waals surface area contributed by atoms with Crippen LogP contribution in [0, 0.1) is 0 Å². The Morgan fingerprint density at radius 3 is 2.81 bits per heavy atom. The van der Waals surface area contributed by atoms with Crippen LogP contribution < -0.4 is 5.32 Å². The molecule has 1 aliphatic carbocycles. The minimum absolute atomic E-state index is 0.188. The monoisotopic (exact) mass is 301 g/mol. The molecular formula is C16H19N3OS. The van der Waals surface area contributed by atoms with Gasteiger partial charge >= 0.3 is 0 Å². The van der Waals surface area contributed by atoms with Crippen LogP contribution in [0.5, 0.6) is 0 Å². The van der Waals surface area contributed by atoms with Crippen molar-refractivity contribution in [2.24, 2.45) is 0 Å². The van der Waals surface area contributed by atoms with Gasteiger partial charge in [-0.1, -0.05) is 30.3 Å². The quantitative estimate of drug-likeness (QED) is 0.934. The van der Waals surface area contributed by atoms with Gasteiger partial charge in [0.25, 0.3) is 0 Å². The standard InChI is InChI=1S/C16H19N3OS/c1-2-4-11(5-3-1)14-10-13(8-9-20-14)17-16-18-15(19-21-16)12-6-7-12/h1-5,12-14H,6-10H2,(H,17,18,19). The summed E-state index contributed by atoms with van der Waals surface area (Å²) in [7, 11) is 0. The summed E-state index contributed by atoms with van der Waals surface area (Å²) in [4.78, 5) is 4.62. The first-order valence-corrected chi connectivity index (χ1v) is 8.42. The lowest BCUT2D eigenvalue weighted by Crippen LogP contribution is -2.30. The summed E-state index contributed by atoms with van der Waals surface area (Å²) < 4.78 is 10.4. The Morgan fingerprint density at radius 2 is 2.00 bits per heavy atom. The van der Waals surface area contributed by atoms with Crippen LogP contribution in [-0.4, -0.2) is 22.0 Å². The fraction of sp³-hybridized carbons (Fsp3) is 0.500. The van der Waals surface area contributed by atoms with Crippen LogP contribution in [-0.2, 0) is 4.74 Å². The van der Waals surface area contributed by atoms with Gasteiger partial charge in [-0.15, -0.1) is 0 Å². The minimum Gasteiger partial charge on any atom is -0.373 e. The summed E-state index contributed by atoms with van der Waals surface area (Å²) in [6.45, 7) is 0.797. The zero-order chi connectivity index (χ0) is 14.1. The maximum atomic E-state index is 5.91. The second kappa shape index (κ2) is 5.73. The van der Waals surface area contributed by atoms with Crippen molar-refractivity contribution < 1.29 is 4.74 Å². The highest BCUT2D eigenvalue weighted by Gasteiger charge is 2.29. The number of hydrogen-bond acceptors (Lipinski definition) is 5. The van der Waals surface area contributed by atoms with Gasteiger partial charge in [-0.2, -0.15) is 4.37 Å². The van der Waals surface area contributed by atoms with E-state index in [4.69, 9.17) is 4.74 Å². The Bertz CT molecular complexity index is 597.